The normalized spacial score (nSPS) is 11.2. The Hall–Kier alpha value is -2.10. The Morgan fingerprint density at radius 1 is 1.13 bits per heavy atom. The Balaban J connectivity index is 1.75. The van der Waals surface area contributed by atoms with Crippen LogP contribution in [0.5, 0.6) is 0 Å². The molecule has 0 saturated heterocycles. The molecule has 2 aromatic rings. The van der Waals surface area contributed by atoms with Gasteiger partial charge in [0.1, 0.15) is 5.69 Å². The van der Waals surface area contributed by atoms with Crippen LogP contribution in [0.1, 0.15) is 67.7 Å². The van der Waals surface area contributed by atoms with Crippen molar-refractivity contribution in [3.8, 4) is 0 Å². The summed E-state index contributed by atoms with van der Waals surface area (Å²) in [6, 6.07) is 10.8. The van der Waals surface area contributed by atoms with Gasteiger partial charge >= 0.3 is 0 Å². The summed E-state index contributed by atoms with van der Waals surface area (Å²) in [5.41, 5.74) is 3.16. The van der Waals surface area contributed by atoms with Gasteiger partial charge in [-0.3, -0.25) is 9.48 Å². The van der Waals surface area contributed by atoms with E-state index in [-0.39, 0.29) is 11.9 Å². The molecular formula is C19H27N3O. The molecule has 4 heteroatoms. The van der Waals surface area contributed by atoms with Gasteiger partial charge in [0, 0.05) is 18.8 Å². The van der Waals surface area contributed by atoms with Gasteiger partial charge in [-0.2, -0.15) is 5.10 Å². The predicted molar refractivity (Wildman–Crippen MR) is 93.8 cm³/mol. The van der Waals surface area contributed by atoms with Crippen LogP contribution < -0.4 is 5.32 Å². The van der Waals surface area contributed by atoms with Crippen molar-refractivity contribution in [3.63, 3.8) is 0 Å². The lowest BCUT2D eigenvalue weighted by Gasteiger charge is -2.07. The first-order chi connectivity index (χ1) is 11.0. The summed E-state index contributed by atoms with van der Waals surface area (Å²) >= 11 is 0. The first-order valence-corrected chi connectivity index (χ1v) is 8.39. The van der Waals surface area contributed by atoms with Gasteiger partial charge in [-0.1, -0.05) is 38.1 Å². The average molecular weight is 313 g/mol. The fourth-order valence-electron chi connectivity index (χ4n) is 2.40. The molecular weight excluding hydrogens is 286 g/mol. The van der Waals surface area contributed by atoms with Crippen molar-refractivity contribution >= 4 is 5.91 Å². The van der Waals surface area contributed by atoms with Crippen LogP contribution in [0.3, 0.4) is 0 Å². The molecule has 0 aliphatic rings. The van der Waals surface area contributed by atoms with Gasteiger partial charge in [0.2, 0.25) is 0 Å². The lowest BCUT2D eigenvalue weighted by Crippen LogP contribution is -2.25. The van der Waals surface area contributed by atoms with E-state index in [4.69, 9.17) is 0 Å². The first-order valence-electron chi connectivity index (χ1n) is 8.39. The third kappa shape index (κ3) is 4.95. The highest BCUT2D eigenvalue weighted by molar-refractivity contribution is 5.92. The fraction of sp³-hybridized carbons (Fsp3) is 0.474. The second-order valence-electron chi connectivity index (χ2n) is 6.53. The van der Waals surface area contributed by atoms with E-state index >= 15 is 0 Å². The van der Waals surface area contributed by atoms with Crippen molar-refractivity contribution in [2.45, 2.75) is 52.5 Å². The second kappa shape index (κ2) is 7.95. The maximum atomic E-state index is 12.0. The maximum absolute atomic E-state index is 12.0. The molecule has 1 aromatic heterocycles. The Kier molecular flexibility index (Phi) is 5.97. The SMILES string of the molecule is CC(C)c1ccc(CCCNC(=O)c2ccn(C(C)C)n2)cc1. The van der Waals surface area contributed by atoms with Crippen LogP contribution in [-0.4, -0.2) is 22.2 Å². The zero-order valence-corrected chi connectivity index (χ0v) is 14.5. The number of aromatic nitrogens is 2. The van der Waals surface area contributed by atoms with Crippen LogP contribution in [0.2, 0.25) is 0 Å². The Bertz CT molecular complexity index is 626. The van der Waals surface area contributed by atoms with E-state index in [0.29, 0.717) is 18.2 Å². The van der Waals surface area contributed by atoms with Crippen LogP contribution in [0.15, 0.2) is 36.5 Å². The molecule has 1 N–H and O–H groups in total. The number of carbonyl (C=O) groups excluding carboxylic acids is 1. The number of nitrogens with zero attached hydrogens (tertiary/aromatic N) is 2. The largest absolute Gasteiger partial charge is 0.351 e. The molecule has 0 fully saturated rings. The van der Waals surface area contributed by atoms with E-state index in [0.717, 1.165) is 12.8 Å². The summed E-state index contributed by atoms with van der Waals surface area (Å²) in [5.74, 6) is 0.466. The van der Waals surface area contributed by atoms with Gasteiger partial charge in [-0.05, 0) is 49.8 Å². The van der Waals surface area contributed by atoms with Crippen LogP contribution in [0.4, 0.5) is 0 Å². The van der Waals surface area contributed by atoms with Crippen molar-refractivity contribution in [3.05, 3.63) is 53.3 Å². The van der Waals surface area contributed by atoms with Crippen LogP contribution >= 0.6 is 0 Å². The van der Waals surface area contributed by atoms with Crippen molar-refractivity contribution < 1.29 is 4.79 Å². The van der Waals surface area contributed by atoms with Crippen LogP contribution in [0.25, 0.3) is 0 Å². The molecule has 0 aliphatic carbocycles. The van der Waals surface area contributed by atoms with Crippen LogP contribution in [-0.2, 0) is 6.42 Å². The number of aryl methyl sites for hydroxylation is 1. The van der Waals surface area contributed by atoms with E-state index in [1.807, 2.05) is 20.0 Å². The van der Waals surface area contributed by atoms with Crippen LogP contribution in [0, 0.1) is 0 Å². The molecule has 0 saturated carbocycles. The minimum atomic E-state index is -0.0976. The zero-order chi connectivity index (χ0) is 16.8. The van der Waals surface area contributed by atoms with Crippen molar-refractivity contribution in [2.75, 3.05) is 6.54 Å². The highest BCUT2D eigenvalue weighted by atomic mass is 16.1. The van der Waals surface area contributed by atoms with Gasteiger partial charge < -0.3 is 5.32 Å². The standard InChI is InChI=1S/C19H27N3O/c1-14(2)17-9-7-16(8-10-17)6-5-12-20-19(23)18-11-13-22(21-18)15(3)4/h7-11,13-15H,5-6,12H2,1-4H3,(H,20,23). The summed E-state index contributed by atoms with van der Waals surface area (Å²) in [7, 11) is 0. The predicted octanol–water partition coefficient (Wildman–Crippen LogP) is 3.95. The number of rotatable bonds is 7. The number of hydrogen-bond donors (Lipinski definition) is 1. The van der Waals surface area contributed by atoms with E-state index in [1.54, 1.807) is 10.7 Å². The zero-order valence-electron chi connectivity index (χ0n) is 14.5. The molecule has 1 aromatic carbocycles. The minimum Gasteiger partial charge on any atom is -0.351 e. The van der Waals surface area contributed by atoms with E-state index < -0.39 is 0 Å². The van der Waals surface area contributed by atoms with E-state index in [2.05, 4.69) is 48.5 Å². The Morgan fingerprint density at radius 3 is 2.39 bits per heavy atom. The number of hydrogen-bond acceptors (Lipinski definition) is 2. The van der Waals surface area contributed by atoms with Crippen molar-refractivity contribution in [1.82, 2.24) is 15.1 Å². The molecule has 23 heavy (non-hydrogen) atoms. The molecule has 0 bridgehead atoms. The van der Waals surface area contributed by atoms with Gasteiger partial charge in [0.15, 0.2) is 0 Å². The quantitative estimate of drug-likeness (QED) is 0.787. The average Bonchev–Trinajstić information content (AvgIpc) is 3.02. The summed E-state index contributed by atoms with van der Waals surface area (Å²) < 4.78 is 1.80. The minimum absolute atomic E-state index is 0.0976. The third-order valence-electron chi connectivity index (χ3n) is 3.94. The summed E-state index contributed by atoms with van der Waals surface area (Å²) in [6.07, 6.45) is 3.74. The molecule has 4 nitrogen and oxygen atoms in total. The molecule has 0 radical (unpaired) electrons. The molecule has 0 unspecified atom stereocenters. The molecule has 0 atom stereocenters. The third-order valence-corrected chi connectivity index (χ3v) is 3.94. The smallest absolute Gasteiger partial charge is 0.271 e. The second-order valence-corrected chi connectivity index (χ2v) is 6.53. The maximum Gasteiger partial charge on any atom is 0.271 e. The van der Waals surface area contributed by atoms with Gasteiger partial charge in [0.25, 0.3) is 5.91 Å². The number of amides is 1. The highest BCUT2D eigenvalue weighted by Gasteiger charge is 2.09. The lowest BCUT2D eigenvalue weighted by atomic mass is 10.0. The Morgan fingerprint density at radius 2 is 1.83 bits per heavy atom. The number of carbonyl (C=O) groups is 1. The fourth-order valence-corrected chi connectivity index (χ4v) is 2.40. The first kappa shape index (κ1) is 17.3. The molecule has 1 heterocycles. The summed E-state index contributed by atoms with van der Waals surface area (Å²) in [6.45, 7) is 9.15. The molecule has 124 valence electrons. The topological polar surface area (TPSA) is 46.9 Å². The molecule has 0 aliphatic heterocycles. The van der Waals surface area contributed by atoms with E-state index in [9.17, 15) is 4.79 Å². The number of nitrogens with one attached hydrogen (secondary N) is 1. The highest BCUT2D eigenvalue weighted by Crippen LogP contribution is 2.15. The molecule has 1 amide bonds. The molecule has 2 rings (SSSR count). The van der Waals surface area contributed by atoms with Crippen molar-refractivity contribution in [1.29, 1.82) is 0 Å². The summed E-state index contributed by atoms with van der Waals surface area (Å²) in [4.78, 5) is 12.0. The monoisotopic (exact) mass is 313 g/mol. The van der Waals surface area contributed by atoms with Gasteiger partial charge in [-0.15, -0.1) is 0 Å². The van der Waals surface area contributed by atoms with Gasteiger partial charge in [0.05, 0.1) is 0 Å². The summed E-state index contributed by atoms with van der Waals surface area (Å²) in [5, 5.41) is 7.21. The van der Waals surface area contributed by atoms with E-state index in [1.165, 1.54) is 11.1 Å². The van der Waals surface area contributed by atoms with Gasteiger partial charge in [-0.25, -0.2) is 0 Å². The Labute approximate surface area is 138 Å². The van der Waals surface area contributed by atoms with Crippen molar-refractivity contribution in [2.24, 2.45) is 0 Å². The lowest BCUT2D eigenvalue weighted by molar-refractivity contribution is 0.0947. The molecule has 0 spiro atoms. The number of benzene rings is 1.